The lowest BCUT2D eigenvalue weighted by molar-refractivity contribution is 0.385. The van der Waals surface area contributed by atoms with Crippen LogP contribution in [-0.4, -0.2) is 10.1 Å². The first-order valence-corrected chi connectivity index (χ1v) is 5.79. The van der Waals surface area contributed by atoms with Crippen molar-refractivity contribution in [2.24, 2.45) is 0 Å². The molecular formula is C10H7Cl3N2O. The highest BCUT2D eigenvalue weighted by Crippen LogP contribution is 2.20. The number of alkyl halides is 1. The Morgan fingerprint density at radius 2 is 1.81 bits per heavy atom. The molecule has 6 heteroatoms. The summed E-state index contributed by atoms with van der Waals surface area (Å²) >= 11 is 17.3. The Morgan fingerprint density at radius 1 is 1.12 bits per heavy atom. The predicted octanol–water partition coefficient (Wildman–Crippen LogP) is 3.71. The molecule has 2 aromatic rings. The summed E-state index contributed by atoms with van der Waals surface area (Å²) in [6.45, 7) is 0. The molecule has 1 aromatic carbocycles. The fraction of sp³-hybridized carbons (Fsp3) is 0.200. The van der Waals surface area contributed by atoms with E-state index in [0.29, 0.717) is 28.2 Å². The summed E-state index contributed by atoms with van der Waals surface area (Å²) in [5, 5.41) is 4.96. The third kappa shape index (κ3) is 2.88. The van der Waals surface area contributed by atoms with E-state index in [-0.39, 0.29) is 5.88 Å². The van der Waals surface area contributed by atoms with Crippen LogP contribution in [0.5, 0.6) is 0 Å². The van der Waals surface area contributed by atoms with Crippen LogP contribution in [-0.2, 0) is 12.3 Å². The molecule has 0 atom stereocenters. The van der Waals surface area contributed by atoms with Crippen molar-refractivity contribution >= 4 is 34.8 Å². The molecule has 1 heterocycles. The second-order valence-electron chi connectivity index (χ2n) is 3.19. The topological polar surface area (TPSA) is 38.9 Å². The van der Waals surface area contributed by atoms with Gasteiger partial charge in [-0.2, -0.15) is 4.98 Å². The van der Waals surface area contributed by atoms with E-state index >= 15 is 0 Å². The first-order chi connectivity index (χ1) is 7.67. The number of nitrogens with zero attached hydrogens (tertiary/aromatic N) is 2. The standard InChI is InChI=1S/C10H7Cl3N2O/c11-5-10-14-9(15-16-10)3-6-1-7(12)4-8(13)2-6/h1-2,4H,3,5H2. The van der Waals surface area contributed by atoms with Crippen LogP contribution in [0.25, 0.3) is 0 Å². The lowest BCUT2D eigenvalue weighted by Gasteiger charge is -1.99. The second kappa shape index (κ2) is 5.04. The van der Waals surface area contributed by atoms with E-state index in [1.807, 2.05) is 12.1 Å². The van der Waals surface area contributed by atoms with Crippen LogP contribution in [0.2, 0.25) is 10.0 Å². The van der Waals surface area contributed by atoms with E-state index in [4.69, 9.17) is 39.3 Å². The van der Waals surface area contributed by atoms with Gasteiger partial charge in [0.15, 0.2) is 5.82 Å². The summed E-state index contributed by atoms with van der Waals surface area (Å²) in [7, 11) is 0. The number of hydrogen-bond acceptors (Lipinski definition) is 3. The van der Waals surface area contributed by atoms with E-state index in [2.05, 4.69) is 10.1 Å². The molecule has 1 aromatic heterocycles. The molecule has 0 bridgehead atoms. The Balaban J connectivity index is 2.19. The fourth-order valence-electron chi connectivity index (χ4n) is 1.31. The zero-order valence-electron chi connectivity index (χ0n) is 8.08. The molecule has 0 N–H and O–H groups in total. The van der Waals surface area contributed by atoms with Gasteiger partial charge in [0, 0.05) is 16.5 Å². The molecule has 84 valence electrons. The Kier molecular flexibility index (Phi) is 3.69. The summed E-state index contributed by atoms with van der Waals surface area (Å²) in [6, 6.07) is 5.29. The Bertz CT molecular complexity index is 478. The molecule has 16 heavy (non-hydrogen) atoms. The minimum absolute atomic E-state index is 0.212. The molecule has 0 aliphatic carbocycles. The number of aromatic nitrogens is 2. The van der Waals surface area contributed by atoms with Gasteiger partial charge in [-0.15, -0.1) is 11.6 Å². The van der Waals surface area contributed by atoms with Gasteiger partial charge in [-0.3, -0.25) is 0 Å². The van der Waals surface area contributed by atoms with Crippen molar-refractivity contribution in [1.82, 2.24) is 10.1 Å². The van der Waals surface area contributed by atoms with Gasteiger partial charge < -0.3 is 4.52 Å². The third-order valence-electron chi connectivity index (χ3n) is 1.91. The quantitative estimate of drug-likeness (QED) is 0.803. The molecule has 0 saturated carbocycles. The van der Waals surface area contributed by atoms with Crippen molar-refractivity contribution < 1.29 is 4.52 Å². The molecule has 0 fully saturated rings. The van der Waals surface area contributed by atoms with E-state index < -0.39 is 0 Å². The van der Waals surface area contributed by atoms with Crippen molar-refractivity contribution in [2.45, 2.75) is 12.3 Å². The van der Waals surface area contributed by atoms with Gasteiger partial charge in [0.2, 0.25) is 5.89 Å². The summed E-state index contributed by atoms with van der Waals surface area (Å²) < 4.78 is 4.89. The highest BCUT2D eigenvalue weighted by molar-refractivity contribution is 6.34. The molecule has 2 rings (SSSR count). The van der Waals surface area contributed by atoms with Gasteiger partial charge in [0.05, 0.1) is 0 Å². The molecule has 0 aliphatic heterocycles. The number of benzene rings is 1. The monoisotopic (exact) mass is 276 g/mol. The van der Waals surface area contributed by atoms with E-state index in [1.165, 1.54) is 0 Å². The first kappa shape index (κ1) is 11.7. The third-order valence-corrected chi connectivity index (χ3v) is 2.57. The van der Waals surface area contributed by atoms with Crippen LogP contribution in [0.15, 0.2) is 22.7 Å². The summed E-state index contributed by atoms with van der Waals surface area (Å²) in [6.07, 6.45) is 0.515. The molecule has 0 aliphatic rings. The van der Waals surface area contributed by atoms with Gasteiger partial charge in [-0.25, -0.2) is 0 Å². The van der Waals surface area contributed by atoms with Crippen molar-refractivity contribution in [3.63, 3.8) is 0 Å². The summed E-state index contributed by atoms with van der Waals surface area (Å²) in [4.78, 5) is 4.09. The van der Waals surface area contributed by atoms with E-state index in [9.17, 15) is 0 Å². The van der Waals surface area contributed by atoms with Crippen molar-refractivity contribution in [3.05, 3.63) is 45.5 Å². The zero-order chi connectivity index (χ0) is 11.5. The maximum Gasteiger partial charge on any atom is 0.241 e. The highest BCUT2D eigenvalue weighted by Gasteiger charge is 2.07. The van der Waals surface area contributed by atoms with Gasteiger partial charge in [0.1, 0.15) is 5.88 Å². The van der Waals surface area contributed by atoms with E-state index in [0.717, 1.165) is 5.56 Å². The van der Waals surface area contributed by atoms with Gasteiger partial charge in [-0.1, -0.05) is 28.4 Å². The second-order valence-corrected chi connectivity index (χ2v) is 4.33. The maximum absolute atomic E-state index is 5.88. The summed E-state index contributed by atoms with van der Waals surface area (Å²) in [5.74, 6) is 1.18. The smallest absolute Gasteiger partial charge is 0.241 e. The molecular weight excluding hydrogens is 270 g/mol. The molecule has 3 nitrogen and oxygen atoms in total. The average molecular weight is 278 g/mol. The van der Waals surface area contributed by atoms with Gasteiger partial charge in [0.25, 0.3) is 0 Å². The SMILES string of the molecule is ClCc1nc(Cc2cc(Cl)cc(Cl)c2)no1. The van der Waals surface area contributed by atoms with Crippen molar-refractivity contribution in [1.29, 1.82) is 0 Å². The van der Waals surface area contributed by atoms with Crippen LogP contribution in [0, 0.1) is 0 Å². The summed E-state index contributed by atoms with van der Waals surface area (Å²) in [5.41, 5.74) is 0.930. The lowest BCUT2D eigenvalue weighted by atomic mass is 10.1. The average Bonchev–Trinajstić information content (AvgIpc) is 2.64. The lowest BCUT2D eigenvalue weighted by Crippen LogP contribution is -1.91. The Labute approximate surface area is 107 Å². The molecule has 0 spiro atoms. The van der Waals surface area contributed by atoms with Crippen molar-refractivity contribution in [2.75, 3.05) is 0 Å². The minimum Gasteiger partial charge on any atom is -0.338 e. The van der Waals surface area contributed by atoms with Gasteiger partial charge in [-0.05, 0) is 23.8 Å². The number of halogens is 3. The van der Waals surface area contributed by atoms with Crippen molar-refractivity contribution in [3.8, 4) is 0 Å². The zero-order valence-corrected chi connectivity index (χ0v) is 10.4. The molecule has 0 saturated heterocycles. The van der Waals surface area contributed by atoms with Crippen LogP contribution < -0.4 is 0 Å². The molecule has 0 radical (unpaired) electrons. The largest absolute Gasteiger partial charge is 0.338 e. The van der Waals surface area contributed by atoms with Crippen LogP contribution in [0.1, 0.15) is 17.3 Å². The van der Waals surface area contributed by atoms with E-state index in [1.54, 1.807) is 6.07 Å². The number of hydrogen-bond donors (Lipinski definition) is 0. The Hall–Kier alpha value is -0.770. The number of rotatable bonds is 3. The highest BCUT2D eigenvalue weighted by atomic mass is 35.5. The fourth-order valence-corrected chi connectivity index (χ4v) is 1.99. The minimum atomic E-state index is 0.212. The maximum atomic E-state index is 5.88. The van der Waals surface area contributed by atoms with Crippen LogP contribution in [0.3, 0.4) is 0 Å². The molecule has 0 unspecified atom stereocenters. The Morgan fingerprint density at radius 3 is 2.38 bits per heavy atom. The first-order valence-electron chi connectivity index (χ1n) is 4.50. The molecule has 0 amide bonds. The van der Waals surface area contributed by atoms with Gasteiger partial charge >= 0.3 is 0 Å². The predicted molar refractivity (Wildman–Crippen MR) is 63.1 cm³/mol. The normalized spacial score (nSPS) is 10.7. The van der Waals surface area contributed by atoms with Crippen LogP contribution >= 0.6 is 34.8 Å². The van der Waals surface area contributed by atoms with Crippen LogP contribution in [0.4, 0.5) is 0 Å².